The van der Waals surface area contributed by atoms with Crippen molar-refractivity contribution < 1.29 is 27.9 Å². The molecule has 0 bridgehead atoms. The van der Waals surface area contributed by atoms with Crippen LogP contribution in [0, 0.1) is 0 Å². The molecule has 0 aliphatic carbocycles. The molecule has 1 atom stereocenters. The number of rotatable bonds is 3. The highest BCUT2D eigenvalue weighted by molar-refractivity contribution is 6.41. The summed E-state index contributed by atoms with van der Waals surface area (Å²) >= 11 is 5.63. The quantitative estimate of drug-likeness (QED) is 0.742. The van der Waals surface area contributed by atoms with Gasteiger partial charge in [-0.25, -0.2) is 0 Å². The molecule has 0 heterocycles. The first-order chi connectivity index (χ1) is 9.61. The van der Waals surface area contributed by atoms with Crippen molar-refractivity contribution in [1.82, 2.24) is 5.32 Å². The molecule has 5 nitrogen and oxygen atoms in total. The van der Waals surface area contributed by atoms with Crippen LogP contribution in [0.4, 0.5) is 18.9 Å². The van der Waals surface area contributed by atoms with Crippen molar-refractivity contribution in [1.29, 1.82) is 0 Å². The normalized spacial score (nSPS) is 12.7. The average Bonchev–Trinajstić information content (AvgIpc) is 2.36. The molecule has 0 fully saturated rings. The van der Waals surface area contributed by atoms with Gasteiger partial charge in [0, 0.05) is 6.54 Å². The van der Waals surface area contributed by atoms with Crippen molar-refractivity contribution in [2.24, 2.45) is 0 Å². The van der Waals surface area contributed by atoms with Gasteiger partial charge in [0.1, 0.15) is 0 Å². The molecule has 0 saturated carbocycles. The van der Waals surface area contributed by atoms with E-state index in [1.54, 1.807) is 0 Å². The standard InChI is InChI=1S/C12H12ClF3N2O3/c1-6(19)5-17-10(20)11(21)18-9-3-2-7(4-8(9)13)12(14,15)16/h2-4,6,19H,5H2,1H3,(H,17,20)(H,18,21). The molecule has 0 spiro atoms. The van der Waals surface area contributed by atoms with Gasteiger partial charge in [0.05, 0.1) is 22.4 Å². The fraction of sp³-hybridized carbons (Fsp3) is 0.333. The lowest BCUT2D eigenvalue weighted by molar-refractivity contribution is -0.137. The fourth-order valence-electron chi connectivity index (χ4n) is 1.29. The first kappa shape index (κ1) is 17.3. The maximum Gasteiger partial charge on any atom is 0.416 e. The van der Waals surface area contributed by atoms with Crippen LogP contribution in [-0.4, -0.2) is 29.6 Å². The number of alkyl halides is 3. The minimum absolute atomic E-state index is 0.123. The zero-order valence-corrected chi connectivity index (χ0v) is 11.5. The second kappa shape index (κ2) is 6.77. The van der Waals surface area contributed by atoms with Crippen LogP contribution >= 0.6 is 11.6 Å². The zero-order chi connectivity index (χ0) is 16.2. The Balaban J connectivity index is 2.75. The maximum absolute atomic E-state index is 12.4. The van der Waals surface area contributed by atoms with Crippen LogP contribution in [0.3, 0.4) is 0 Å². The van der Waals surface area contributed by atoms with E-state index in [1.807, 2.05) is 0 Å². The lowest BCUT2D eigenvalue weighted by Crippen LogP contribution is -2.38. The van der Waals surface area contributed by atoms with Crippen molar-refractivity contribution in [2.45, 2.75) is 19.2 Å². The van der Waals surface area contributed by atoms with E-state index in [4.69, 9.17) is 16.7 Å². The molecule has 1 unspecified atom stereocenters. The predicted octanol–water partition coefficient (Wildman–Crippen LogP) is 1.79. The van der Waals surface area contributed by atoms with Gasteiger partial charge in [0.2, 0.25) is 0 Å². The number of benzene rings is 1. The largest absolute Gasteiger partial charge is 0.416 e. The number of halogens is 4. The van der Waals surface area contributed by atoms with E-state index in [0.29, 0.717) is 6.07 Å². The van der Waals surface area contributed by atoms with Gasteiger partial charge in [0.25, 0.3) is 0 Å². The van der Waals surface area contributed by atoms with Gasteiger partial charge in [0.15, 0.2) is 0 Å². The Morgan fingerprint density at radius 1 is 1.33 bits per heavy atom. The van der Waals surface area contributed by atoms with E-state index < -0.39 is 29.7 Å². The highest BCUT2D eigenvalue weighted by Gasteiger charge is 2.31. The van der Waals surface area contributed by atoms with Crippen molar-refractivity contribution in [2.75, 3.05) is 11.9 Å². The summed E-state index contributed by atoms with van der Waals surface area (Å²) < 4.78 is 37.3. The summed E-state index contributed by atoms with van der Waals surface area (Å²) in [5.74, 6) is -2.14. The minimum Gasteiger partial charge on any atom is -0.392 e. The summed E-state index contributed by atoms with van der Waals surface area (Å²) in [6.45, 7) is 1.28. The lowest BCUT2D eigenvalue weighted by Gasteiger charge is -2.11. The van der Waals surface area contributed by atoms with Gasteiger partial charge in [-0.15, -0.1) is 0 Å². The summed E-state index contributed by atoms with van der Waals surface area (Å²) in [7, 11) is 0. The highest BCUT2D eigenvalue weighted by atomic mass is 35.5. The van der Waals surface area contributed by atoms with Gasteiger partial charge >= 0.3 is 18.0 Å². The third kappa shape index (κ3) is 5.24. The second-order valence-electron chi connectivity index (χ2n) is 4.21. The van der Waals surface area contributed by atoms with Gasteiger partial charge in [-0.2, -0.15) is 13.2 Å². The monoisotopic (exact) mass is 324 g/mol. The number of anilines is 1. The van der Waals surface area contributed by atoms with Crippen LogP contribution in [0.25, 0.3) is 0 Å². The molecule has 1 aromatic rings. The Hall–Kier alpha value is -1.80. The van der Waals surface area contributed by atoms with E-state index in [0.717, 1.165) is 12.1 Å². The van der Waals surface area contributed by atoms with Crippen LogP contribution in [0.5, 0.6) is 0 Å². The topological polar surface area (TPSA) is 78.4 Å². The molecule has 21 heavy (non-hydrogen) atoms. The van der Waals surface area contributed by atoms with Crippen LogP contribution < -0.4 is 10.6 Å². The predicted molar refractivity (Wildman–Crippen MR) is 69.8 cm³/mol. The smallest absolute Gasteiger partial charge is 0.392 e. The summed E-state index contributed by atoms with van der Waals surface area (Å²) in [5.41, 5.74) is -1.09. The Bertz CT molecular complexity index is 547. The van der Waals surface area contributed by atoms with Crippen molar-refractivity contribution in [3.8, 4) is 0 Å². The number of carbonyl (C=O) groups excluding carboxylic acids is 2. The minimum atomic E-state index is -4.55. The molecular weight excluding hydrogens is 313 g/mol. The molecule has 0 saturated heterocycles. The first-order valence-electron chi connectivity index (χ1n) is 5.75. The molecule has 1 aromatic carbocycles. The third-order valence-corrected chi connectivity index (χ3v) is 2.62. The highest BCUT2D eigenvalue weighted by Crippen LogP contribution is 2.33. The van der Waals surface area contributed by atoms with E-state index in [-0.39, 0.29) is 17.3 Å². The Labute approximate surface area is 123 Å². The van der Waals surface area contributed by atoms with Gasteiger partial charge in [-0.3, -0.25) is 9.59 Å². The van der Waals surface area contributed by atoms with Gasteiger partial charge < -0.3 is 15.7 Å². The lowest BCUT2D eigenvalue weighted by atomic mass is 10.2. The van der Waals surface area contributed by atoms with Crippen LogP contribution in [0.15, 0.2) is 18.2 Å². The molecule has 1 rings (SSSR count). The van der Waals surface area contributed by atoms with Crippen molar-refractivity contribution in [3.05, 3.63) is 28.8 Å². The zero-order valence-electron chi connectivity index (χ0n) is 10.8. The number of aliphatic hydroxyl groups is 1. The van der Waals surface area contributed by atoms with Crippen LogP contribution in [0.1, 0.15) is 12.5 Å². The average molecular weight is 325 g/mol. The maximum atomic E-state index is 12.4. The molecule has 3 N–H and O–H groups in total. The molecule has 116 valence electrons. The summed E-state index contributed by atoms with van der Waals surface area (Å²) in [4.78, 5) is 22.8. The van der Waals surface area contributed by atoms with E-state index >= 15 is 0 Å². The third-order valence-electron chi connectivity index (χ3n) is 2.31. The molecule has 2 amide bonds. The number of amides is 2. The number of aliphatic hydroxyl groups excluding tert-OH is 1. The van der Waals surface area contributed by atoms with Gasteiger partial charge in [-0.05, 0) is 25.1 Å². The number of hydrogen-bond acceptors (Lipinski definition) is 3. The van der Waals surface area contributed by atoms with E-state index in [1.165, 1.54) is 6.92 Å². The molecule has 0 aliphatic heterocycles. The van der Waals surface area contributed by atoms with Crippen molar-refractivity contribution in [3.63, 3.8) is 0 Å². The molecule has 9 heteroatoms. The van der Waals surface area contributed by atoms with E-state index in [9.17, 15) is 22.8 Å². The second-order valence-corrected chi connectivity index (χ2v) is 4.61. The Kier molecular flexibility index (Phi) is 5.56. The van der Waals surface area contributed by atoms with E-state index in [2.05, 4.69) is 10.6 Å². The Morgan fingerprint density at radius 3 is 2.43 bits per heavy atom. The van der Waals surface area contributed by atoms with Crippen LogP contribution in [0.2, 0.25) is 5.02 Å². The molecular formula is C12H12ClF3N2O3. The molecule has 0 aliphatic rings. The first-order valence-corrected chi connectivity index (χ1v) is 6.13. The Morgan fingerprint density at radius 2 is 1.95 bits per heavy atom. The summed E-state index contributed by atoms with van der Waals surface area (Å²) in [5, 5.41) is 12.8. The SMILES string of the molecule is CC(O)CNC(=O)C(=O)Nc1ccc(C(F)(F)F)cc1Cl. The van der Waals surface area contributed by atoms with Crippen LogP contribution in [-0.2, 0) is 15.8 Å². The number of carbonyl (C=O) groups is 2. The molecule has 0 radical (unpaired) electrons. The summed E-state index contributed by atoms with van der Waals surface area (Å²) in [6.07, 6.45) is -5.39. The summed E-state index contributed by atoms with van der Waals surface area (Å²) in [6, 6.07) is 2.32. The number of nitrogens with one attached hydrogen (secondary N) is 2. The molecule has 0 aromatic heterocycles. The van der Waals surface area contributed by atoms with Gasteiger partial charge in [-0.1, -0.05) is 11.6 Å². The fourth-order valence-corrected chi connectivity index (χ4v) is 1.52. The van der Waals surface area contributed by atoms with Crippen molar-refractivity contribution >= 4 is 29.1 Å². The number of hydrogen-bond donors (Lipinski definition) is 3.